The summed E-state index contributed by atoms with van der Waals surface area (Å²) >= 11 is 0. The number of unbranched alkanes of at least 4 members (excludes halogenated alkanes) is 15. The van der Waals surface area contributed by atoms with Crippen LogP contribution in [0.3, 0.4) is 0 Å². The normalized spacial score (nSPS) is 11.6. The third-order valence-corrected chi connectivity index (χ3v) is 6.39. The molecule has 0 bridgehead atoms. The van der Waals surface area contributed by atoms with Gasteiger partial charge in [0.2, 0.25) is 0 Å². The van der Waals surface area contributed by atoms with Crippen molar-refractivity contribution in [3.8, 4) is 0 Å². The minimum Gasteiger partial charge on any atom is -0.0917 e. The number of rotatable bonds is 18. The van der Waals surface area contributed by atoms with E-state index in [4.69, 9.17) is 0 Å². The Morgan fingerprint density at radius 3 is 1.60 bits per heavy atom. The average molecular weight is 407 g/mol. The lowest BCUT2D eigenvalue weighted by Crippen LogP contribution is -1.87. The van der Waals surface area contributed by atoms with Crippen molar-refractivity contribution >= 4 is 10.8 Å². The fraction of sp³-hybridized carbons (Fsp3) is 0.600. The third kappa shape index (κ3) is 11.6. The third-order valence-electron chi connectivity index (χ3n) is 6.39. The highest BCUT2D eigenvalue weighted by atomic mass is 14.0. The van der Waals surface area contributed by atoms with Crippen LogP contribution in [-0.4, -0.2) is 0 Å². The Morgan fingerprint density at radius 1 is 0.533 bits per heavy atom. The Kier molecular flexibility index (Phi) is 14.1. The summed E-state index contributed by atoms with van der Waals surface area (Å²) in [4.78, 5) is 0. The molecule has 2 rings (SSSR count). The smallest absolute Gasteiger partial charge is 0.0181 e. The van der Waals surface area contributed by atoms with Crippen molar-refractivity contribution in [2.24, 2.45) is 0 Å². The lowest BCUT2D eigenvalue weighted by Gasteiger charge is -2.05. The van der Waals surface area contributed by atoms with Gasteiger partial charge in [-0.1, -0.05) is 138 Å². The molecule has 30 heavy (non-hydrogen) atoms. The van der Waals surface area contributed by atoms with Gasteiger partial charge in [0.1, 0.15) is 0 Å². The summed E-state index contributed by atoms with van der Waals surface area (Å²) in [6.45, 7) is 2.12. The minimum absolute atomic E-state index is 1.24. The molecule has 166 valence electrons. The van der Waals surface area contributed by atoms with Crippen molar-refractivity contribution in [2.45, 2.75) is 116 Å². The van der Waals surface area contributed by atoms with Gasteiger partial charge in [0.05, 0.1) is 0 Å². The molecule has 0 amide bonds. The van der Waals surface area contributed by atoms with Crippen LogP contribution in [0.5, 0.6) is 0 Å². The van der Waals surface area contributed by atoms with Crippen LogP contribution in [0.15, 0.2) is 54.6 Å². The van der Waals surface area contributed by atoms with Crippen LogP contribution in [-0.2, 0) is 6.42 Å². The Morgan fingerprint density at radius 2 is 1.03 bits per heavy atom. The topological polar surface area (TPSA) is 0 Å². The molecule has 0 N–H and O–H groups in total. The van der Waals surface area contributed by atoms with Crippen LogP contribution >= 0.6 is 0 Å². The first-order chi connectivity index (χ1) is 14.9. The molecule has 0 aliphatic carbocycles. The van der Waals surface area contributed by atoms with E-state index in [1.807, 2.05) is 0 Å². The van der Waals surface area contributed by atoms with Crippen molar-refractivity contribution in [3.05, 3.63) is 60.2 Å². The fourth-order valence-electron chi connectivity index (χ4n) is 4.45. The van der Waals surface area contributed by atoms with Crippen LogP contribution in [0, 0.1) is 0 Å². The quantitative estimate of drug-likeness (QED) is 0.170. The van der Waals surface area contributed by atoms with E-state index < -0.39 is 0 Å². The van der Waals surface area contributed by atoms with Crippen LogP contribution in [0.2, 0.25) is 0 Å². The number of benzene rings is 2. The summed E-state index contributed by atoms with van der Waals surface area (Å²) in [5, 5.41) is 2.74. The van der Waals surface area contributed by atoms with Gasteiger partial charge in [-0.3, -0.25) is 0 Å². The zero-order chi connectivity index (χ0) is 21.1. The molecule has 0 heterocycles. The molecule has 0 unspecified atom stereocenters. The van der Waals surface area contributed by atoms with Crippen LogP contribution in [0.1, 0.15) is 115 Å². The molecule has 2 aromatic rings. The second-order valence-corrected chi connectivity index (χ2v) is 9.09. The number of hydrogen-bond donors (Lipinski definition) is 0. The largest absolute Gasteiger partial charge is 0.0917 e. The molecule has 0 saturated carbocycles. The molecule has 0 heteroatoms. The van der Waals surface area contributed by atoms with Gasteiger partial charge in [-0.2, -0.15) is 0 Å². The van der Waals surface area contributed by atoms with Gasteiger partial charge < -0.3 is 0 Å². The van der Waals surface area contributed by atoms with E-state index >= 15 is 0 Å². The first kappa shape index (κ1) is 24.7. The molecule has 0 spiro atoms. The Labute approximate surface area is 187 Å². The SMILES string of the molecule is C/C=C/CCCCCCCCCCCCCCCCCc1ccc2ccccc2c1. The molecule has 0 aliphatic rings. The summed E-state index contributed by atoms with van der Waals surface area (Å²) in [6.07, 6.45) is 28.5. The monoisotopic (exact) mass is 406 g/mol. The lowest BCUT2D eigenvalue weighted by molar-refractivity contribution is 0.531. The van der Waals surface area contributed by atoms with E-state index in [9.17, 15) is 0 Å². The molecular weight excluding hydrogens is 360 g/mol. The first-order valence-corrected chi connectivity index (χ1v) is 13.0. The first-order valence-electron chi connectivity index (χ1n) is 13.0. The Balaban J connectivity index is 1.32. The van der Waals surface area contributed by atoms with Gasteiger partial charge in [0.15, 0.2) is 0 Å². The second-order valence-electron chi connectivity index (χ2n) is 9.09. The summed E-state index contributed by atoms with van der Waals surface area (Å²) in [7, 11) is 0. The van der Waals surface area contributed by atoms with Gasteiger partial charge in [-0.25, -0.2) is 0 Å². The summed E-state index contributed by atoms with van der Waals surface area (Å²) < 4.78 is 0. The van der Waals surface area contributed by atoms with E-state index in [1.165, 1.54) is 125 Å². The number of allylic oxidation sites excluding steroid dienone is 2. The van der Waals surface area contributed by atoms with E-state index in [-0.39, 0.29) is 0 Å². The van der Waals surface area contributed by atoms with Crippen molar-refractivity contribution in [2.75, 3.05) is 0 Å². The lowest BCUT2D eigenvalue weighted by atomic mass is 10.0. The molecule has 0 aromatic heterocycles. The highest BCUT2D eigenvalue weighted by Gasteiger charge is 1.98. The second kappa shape index (κ2) is 17.2. The van der Waals surface area contributed by atoms with Gasteiger partial charge in [0.25, 0.3) is 0 Å². The number of aryl methyl sites for hydroxylation is 1. The molecule has 0 aliphatic heterocycles. The summed E-state index contributed by atoms with van der Waals surface area (Å²) in [6, 6.07) is 15.7. The highest BCUT2D eigenvalue weighted by Crippen LogP contribution is 2.18. The molecular formula is C30H46. The standard InChI is InChI=1S/C30H46/c1-2-3-4-5-6-7-8-9-10-11-12-13-14-15-16-17-18-19-22-28-25-26-29-23-20-21-24-30(29)27-28/h2-3,20-21,23-27H,4-19,22H2,1H3/b3-2+. The van der Waals surface area contributed by atoms with Crippen LogP contribution in [0.4, 0.5) is 0 Å². The van der Waals surface area contributed by atoms with E-state index in [0.717, 1.165) is 0 Å². The molecule has 0 radical (unpaired) electrons. The Hall–Kier alpha value is -1.56. The molecule has 0 atom stereocenters. The fourth-order valence-corrected chi connectivity index (χ4v) is 4.45. The minimum atomic E-state index is 1.24. The highest BCUT2D eigenvalue weighted by molar-refractivity contribution is 5.82. The van der Waals surface area contributed by atoms with Gasteiger partial charge in [0, 0.05) is 0 Å². The predicted octanol–water partition coefficient (Wildman–Crippen LogP) is 10.2. The van der Waals surface area contributed by atoms with E-state index in [1.54, 1.807) is 0 Å². The van der Waals surface area contributed by atoms with Gasteiger partial charge in [-0.05, 0) is 48.9 Å². The van der Waals surface area contributed by atoms with Gasteiger partial charge >= 0.3 is 0 Å². The molecule has 0 fully saturated rings. The van der Waals surface area contributed by atoms with Crippen LogP contribution < -0.4 is 0 Å². The van der Waals surface area contributed by atoms with Crippen molar-refractivity contribution in [3.63, 3.8) is 0 Å². The number of hydrogen-bond acceptors (Lipinski definition) is 0. The zero-order valence-electron chi connectivity index (χ0n) is 19.7. The van der Waals surface area contributed by atoms with E-state index in [2.05, 4.69) is 61.5 Å². The van der Waals surface area contributed by atoms with Crippen molar-refractivity contribution in [1.29, 1.82) is 0 Å². The molecule has 2 aromatic carbocycles. The molecule has 0 saturated heterocycles. The van der Waals surface area contributed by atoms with E-state index in [0.29, 0.717) is 0 Å². The average Bonchev–Trinajstić information content (AvgIpc) is 2.78. The van der Waals surface area contributed by atoms with Gasteiger partial charge in [-0.15, -0.1) is 0 Å². The van der Waals surface area contributed by atoms with Crippen molar-refractivity contribution in [1.82, 2.24) is 0 Å². The maximum atomic E-state index is 2.38. The Bertz CT molecular complexity index is 681. The maximum absolute atomic E-state index is 2.38. The van der Waals surface area contributed by atoms with Crippen molar-refractivity contribution < 1.29 is 0 Å². The summed E-state index contributed by atoms with van der Waals surface area (Å²) in [5.41, 5.74) is 1.50. The van der Waals surface area contributed by atoms with Crippen LogP contribution in [0.25, 0.3) is 10.8 Å². The number of fused-ring (bicyclic) bond motifs is 1. The zero-order valence-corrected chi connectivity index (χ0v) is 19.7. The molecule has 0 nitrogen and oxygen atoms in total. The maximum Gasteiger partial charge on any atom is -0.0181 e. The summed E-state index contributed by atoms with van der Waals surface area (Å²) in [5.74, 6) is 0. The predicted molar refractivity (Wildman–Crippen MR) is 136 cm³/mol.